The van der Waals surface area contributed by atoms with Crippen molar-refractivity contribution in [1.82, 2.24) is 4.98 Å². The molecule has 1 heterocycles. The summed E-state index contributed by atoms with van der Waals surface area (Å²) < 4.78 is 0. The summed E-state index contributed by atoms with van der Waals surface area (Å²) in [6, 6.07) is 3.46. The first-order valence-corrected chi connectivity index (χ1v) is 4.20. The summed E-state index contributed by atoms with van der Waals surface area (Å²) in [5, 5.41) is 8.62. The molecule has 0 saturated carbocycles. The van der Waals surface area contributed by atoms with Crippen LogP contribution in [0.2, 0.25) is 0 Å². The van der Waals surface area contributed by atoms with Gasteiger partial charge >= 0.3 is 5.97 Å². The Bertz CT molecular complexity index is 280. The Morgan fingerprint density at radius 1 is 1.67 bits per heavy atom. The highest BCUT2D eigenvalue weighted by molar-refractivity contribution is 7.98. The second-order valence-electron chi connectivity index (χ2n) is 1.86. The van der Waals surface area contributed by atoms with Crippen LogP contribution in [0, 0.1) is 0 Å². The van der Waals surface area contributed by atoms with Crippen LogP contribution in [0.4, 0.5) is 0 Å². The number of carbonyl (C=O) groups is 1. The third-order valence-corrected chi connectivity index (χ3v) is 1.96. The van der Waals surface area contributed by atoms with E-state index in [1.807, 2.05) is 6.26 Å². The SMILES string of the molecule is CSc1cccnc1C(=O)O.Cl. The lowest BCUT2D eigenvalue weighted by molar-refractivity contribution is 0.0686. The highest BCUT2D eigenvalue weighted by Gasteiger charge is 2.08. The number of nitrogens with zero attached hydrogens (tertiary/aromatic N) is 1. The van der Waals surface area contributed by atoms with Crippen molar-refractivity contribution >= 4 is 30.1 Å². The predicted molar refractivity (Wildman–Crippen MR) is 50.2 cm³/mol. The van der Waals surface area contributed by atoms with Gasteiger partial charge in [0.15, 0.2) is 5.69 Å². The Hall–Kier alpha value is -0.740. The molecule has 12 heavy (non-hydrogen) atoms. The number of pyridine rings is 1. The molecule has 0 amide bonds. The number of thioether (sulfide) groups is 1. The summed E-state index contributed by atoms with van der Waals surface area (Å²) in [4.78, 5) is 14.9. The van der Waals surface area contributed by atoms with Crippen molar-refractivity contribution in [3.05, 3.63) is 24.0 Å². The van der Waals surface area contributed by atoms with Gasteiger partial charge in [-0.15, -0.1) is 24.2 Å². The van der Waals surface area contributed by atoms with Crippen LogP contribution < -0.4 is 0 Å². The number of halogens is 1. The molecule has 0 fully saturated rings. The summed E-state index contributed by atoms with van der Waals surface area (Å²) in [7, 11) is 0. The number of aromatic nitrogens is 1. The Kier molecular flexibility index (Phi) is 4.70. The molecule has 1 aromatic heterocycles. The molecule has 0 unspecified atom stereocenters. The lowest BCUT2D eigenvalue weighted by Gasteiger charge is -1.98. The predicted octanol–water partition coefficient (Wildman–Crippen LogP) is 1.92. The third kappa shape index (κ3) is 2.39. The van der Waals surface area contributed by atoms with Gasteiger partial charge in [-0.05, 0) is 18.4 Å². The summed E-state index contributed by atoms with van der Waals surface area (Å²) >= 11 is 1.38. The Labute approximate surface area is 80.6 Å². The number of hydrogen-bond donors (Lipinski definition) is 1. The summed E-state index contributed by atoms with van der Waals surface area (Å²) in [6.45, 7) is 0. The summed E-state index contributed by atoms with van der Waals surface area (Å²) in [5.74, 6) is -0.977. The molecule has 5 heteroatoms. The van der Waals surface area contributed by atoms with Crippen LogP contribution in [0.25, 0.3) is 0 Å². The average Bonchev–Trinajstić information content (AvgIpc) is 2.04. The van der Waals surface area contributed by atoms with E-state index in [0.717, 1.165) is 0 Å². The minimum absolute atomic E-state index is 0. The molecular weight excluding hydrogens is 198 g/mol. The molecular formula is C7H8ClNO2S. The van der Waals surface area contributed by atoms with Crippen molar-refractivity contribution in [3.63, 3.8) is 0 Å². The Morgan fingerprint density at radius 2 is 2.33 bits per heavy atom. The molecule has 0 bridgehead atoms. The lowest BCUT2D eigenvalue weighted by Crippen LogP contribution is -2.01. The van der Waals surface area contributed by atoms with Crippen LogP contribution in [0.5, 0.6) is 0 Å². The van der Waals surface area contributed by atoms with E-state index in [4.69, 9.17) is 5.11 Å². The Balaban J connectivity index is 0.00000121. The molecule has 0 spiro atoms. The van der Waals surface area contributed by atoms with Crippen LogP contribution in [0.15, 0.2) is 23.2 Å². The van der Waals surface area contributed by atoms with E-state index in [2.05, 4.69) is 4.98 Å². The van der Waals surface area contributed by atoms with Gasteiger partial charge in [-0.1, -0.05) is 0 Å². The van der Waals surface area contributed by atoms with Crippen molar-refractivity contribution in [2.24, 2.45) is 0 Å². The monoisotopic (exact) mass is 205 g/mol. The van der Waals surface area contributed by atoms with Crippen molar-refractivity contribution < 1.29 is 9.90 Å². The first-order chi connectivity index (χ1) is 5.25. The van der Waals surface area contributed by atoms with Gasteiger partial charge in [0.2, 0.25) is 0 Å². The van der Waals surface area contributed by atoms with Gasteiger partial charge in [0.05, 0.1) is 0 Å². The number of carboxylic acids is 1. The fourth-order valence-electron chi connectivity index (χ4n) is 0.716. The number of carboxylic acid groups (broad SMARTS) is 1. The van der Waals surface area contributed by atoms with Crippen molar-refractivity contribution in [2.75, 3.05) is 6.26 Å². The quantitative estimate of drug-likeness (QED) is 0.750. The maximum atomic E-state index is 10.5. The molecule has 1 aromatic rings. The summed E-state index contributed by atoms with van der Waals surface area (Å²) in [6.07, 6.45) is 3.30. The van der Waals surface area contributed by atoms with E-state index < -0.39 is 5.97 Å². The zero-order valence-electron chi connectivity index (χ0n) is 6.35. The van der Waals surface area contributed by atoms with E-state index in [1.54, 1.807) is 12.1 Å². The highest BCUT2D eigenvalue weighted by Crippen LogP contribution is 2.16. The van der Waals surface area contributed by atoms with Gasteiger partial charge in [0.25, 0.3) is 0 Å². The van der Waals surface area contributed by atoms with Crippen LogP contribution in [-0.2, 0) is 0 Å². The van der Waals surface area contributed by atoms with E-state index >= 15 is 0 Å². The maximum absolute atomic E-state index is 10.5. The van der Waals surface area contributed by atoms with Crippen LogP contribution in [0.3, 0.4) is 0 Å². The molecule has 0 aliphatic rings. The van der Waals surface area contributed by atoms with Crippen LogP contribution in [0.1, 0.15) is 10.5 Å². The highest BCUT2D eigenvalue weighted by atomic mass is 35.5. The largest absolute Gasteiger partial charge is 0.476 e. The van der Waals surface area contributed by atoms with Gasteiger partial charge in [-0.2, -0.15) is 0 Å². The third-order valence-electron chi connectivity index (χ3n) is 1.19. The minimum Gasteiger partial charge on any atom is -0.476 e. The maximum Gasteiger partial charge on any atom is 0.355 e. The molecule has 0 radical (unpaired) electrons. The van der Waals surface area contributed by atoms with Crippen LogP contribution in [-0.4, -0.2) is 22.3 Å². The molecule has 1 N–H and O–H groups in total. The zero-order chi connectivity index (χ0) is 8.27. The van der Waals surface area contributed by atoms with E-state index in [-0.39, 0.29) is 18.1 Å². The first kappa shape index (κ1) is 11.3. The second-order valence-corrected chi connectivity index (χ2v) is 2.71. The lowest BCUT2D eigenvalue weighted by atomic mass is 10.3. The van der Waals surface area contributed by atoms with Gasteiger partial charge in [-0.25, -0.2) is 9.78 Å². The molecule has 0 saturated heterocycles. The number of aromatic carboxylic acids is 1. The normalized spacial score (nSPS) is 8.75. The minimum atomic E-state index is -0.977. The number of rotatable bonds is 2. The smallest absolute Gasteiger partial charge is 0.355 e. The van der Waals surface area contributed by atoms with Crippen molar-refractivity contribution in [1.29, 1.82) is 0 Å². The standard InChI is InChI=1S/C7H7NO2S.ClH/c1-11-5-3-2-4-8-6(5)7(9)10;/h2-4H,1H3,(H,9,10);1H. The van der Waals surface area contributed by atoms with Gasteiger partial charge in [0.1, 0.15) is 0 Å². The first-order valence-electron chi connectivity index (χ1n) is 2.98. The molecule has 1 rings (SSSR count). The number of hydrogen-bond acceptors (Lipinski definition) is 3. The zero-order valence-corrected chi connectivity index (χ0v) is 7.98. The molecule has 0 aliphatic heterocycles. The van der Waals surface area contributed by atoms with Gasteiger partial charge in [-0.3, -0.25) is 0 Å². The van der Waals surface area contributed by atoms with Crippen molar-refractivity contribution in [2.45, 2.75) is 4.90 Å². The van der Waals surface area contributed by atoms with E-state index in [1.165, 1.54) is 18.0 Å². The van der Waals surface area contributed by atoms with E-state index in [9.17, 15) is 4.79 Å². The fraction of sp³-hybridized carbons (Fsp3) is 0.143. The second kappa shape index (κ2) is 5.00. The molecule has 0 aliphatic carbocycles. The van der Waals surface area contributed by atoms with Gasteiger partial charge in [0, 0.05) is 11.1 Å². The average molecular weight is 206 g/mol. The summed E-state index contributed by atoms with van der Waals surface area (Å²) in [5.41, 5.74) is 0.125. The molecule has 3 nitrogen and oxygen atoms in total. The van der Waals surface area contributed by atoms with Gasteiger partial charge < -0.3 is 5.11 Å². The molecule has 0 atom stereocenters. The van der Waals surface area contributed by atoms with E-state index in [0.29, 0.717) is 4.90 Å². The topological polar surface area (TPSA) is 50.2 Å². The van der Waals surface area contributed by atoms with Crippen molar-refractivity contribution in [3.8, 4) is 0 Å². The molecule has 66 valence electrons. The fourth-order valence-corrected chi connectivity index (χ4v) is 1.26. The Morgan fingerprint density at radius 3 is 2.75 bits per heavy atom. The molecule has 0 aromatic carbocycles. The van der Waals surface area contributed by atoms with Crippen LogP contribution >= 0.6 is 24.2 Å².